The molecule has 2 amide bonds. The van der Waals surface area contributed by atoms with Crippen LogP contribution in [0.15, 0.2) is 48.5 Å². The van der Waals surface area contributed by atoms with Crippen molar-refractivity contribution < 1.29 is 24.2 Å². The first-order valence-electron chi connectivity index (χ1n) is 12.4. The quantitative estimate of drug-likeness (QED) is 0.522. The maximum atomic E-state index is 13.2. The van der Waals surface area contributed by atoms with Crippen LogP contribution in [0.3, 0.4) is 0 Å². The Morgan fingerprint density at radius 2 is 1.69 bits per heavy atom. The molecule has 2 fully saturated rings. The van der Waals surface area contributed by atoms with Gasteiger partial charge in [0.2, 0.25) is 5.91 Å². The molecule has 0 heterocycles. The van der Waals surface area contributed by atoms with E-state index in [0.717, 1.165) is 22.3 Å². The minimum atomic E-state index is -1.14. The average molecular weight is 477 g/mol. The van der Waals surface area contributed by atoms with Gasteiger partial charge in [0, 0.05) is 12.0 Å². The van der Waals surface area contributed by atoms with E-state index >= 15 is 0 Å². The summed E-state index contributed by atoms with van der Waals surface area (Å²) in [5.41, 5.74) is 2.76. The number of carbonyl (C=O) groups is 3. The number of carboxylic acid groups (broad SMARTS) is 1. The Kier molecular flexibility index (Phi) is 5.82. The zero-order chi connectivity index (χ0) is 24.8. The number of alkyl carbamates (subject to hydrolysis) is 1. The summed E-state index contributed by atoms with van der Waals surface area (Å²) in [6, 6.07) is 16.1. The third-order valence-corrected chi connectivity index (χ3v) is 8.15. The summed E-state index contributed by atoms with van der Waals surface area (Å²) in [6.07, 6.45) is 2.33. The highest BCUT2D eigenvalue weighted by atomic mass is 16.5. The van der Waals surface area contributed by atoms with Gasteiger partial charge in [-0.1, -0.05) is 61.9 Å². The molecule has 0 bridgehead atoms. The fourth-order valence-corrected chi connectivity index (χ4v) is 6.20. The molecule has 2 aromatic rings. The van der Waals surface area contributed by atoms with Gasteiger partial charge in [0.15, 0.2) is 0 Å². The van der Waals surface area contributed by atoms with Crippen LogP contribution in [0.2, 0.25) is 0 Å². The Morgan fingerprint density at radius 3 is 2.26 bits per heavy atom. The van der Waals surface area contributed by atoms with Crippen LogP contribution in [0.25, 0.3) is 11.1 Å². The van der Waals surface area contributed by atoms with Crippen LogP contribution in [0, 0.1) is 11.3 Å². The van der Waals surface area contributed by atoms with Gasteiger partial charge in [0.05, 0.1) is 5.41 Å². The minimum absolute atomic E-state index is 0.0585. The van der Waals surface area contributed by atoms with E-state index in [2.05, 4.69) is 34.9 Å². The highest BCUT2D eigenvalue weighted by molar-refractivity contribution is 5.90. The molecule has 3 N–H and O–H groups in total. The molecule has 184 valence electrons. The molecule has 2 saturated carbocycles. The molecule has 2 aromatic carbocycles. The molecule has 0 aliphatic heterocycles. The Morgan fingerprint density at radius 1 is 1.06 bits per heavy atom. The number of nitrogens with one attached hydrogen (secondary N) is 2. The highest BCUT2D eigenvalue weighted by Gasteiger charge is 2.65. The number of ether oxygens (including phenoxy) is 1. The largest absolute Gasteiger partial charge is 0.481 e. The molecule has 4 atom stereocenters. The summed E-state index contributed by atoms with van der Waals surface area (Å²) in [4.78, 5) is 37.7. The number of hydrogen-bond donors (Lipinski definition) is 3. The van der Waals surface area contributed by atoms with E-state index in [1.54, 1.807) is 6.92 Å². The van der Waals surface area contributed by atoms with Crippen LogP contribution in [-0.4, -0.2) is 41.3 Å². The second-order valence-corrected chi connectivity index (χ2v) is 10.5. The molecule has 3 aliphatic carbocycles. The van der Waals surface area contributed by atoms with Crippen LogP contribution in [0.1, 0.15) is 63.0 Å². The number of rotatable bonds is 8. The van der Waals surface area contributed by atoms with Gasteiger partial charge in [-0.2, -0.15) is 0 Å². The molecule has 3 aliphatic rings. The number of hydrogen-bond acceptors (Lipinski definition) is 4. The first-order chi connectivity index (χ1) is 16.8. The van der Waals surface area contributed by atoms with Crippen LogP contribution >= 0.6 is 0 Å². The lowest BCUT2D eigenvalue weighted by molar-refractivity contribution is -0.144. The minimum Gasteiger partial charge on any atom is -0.481 e. The van der Waals surface area contributed by atoms with E-state index in [-0.39, 0.29) is 30.4 Å². The van der Waals surface area contributed by atoms with Crippen molar-refractivity contribution in [1.82, 2.24) is 10.6 Å². The van der Waals surface area contributed by atoms with E-state index < -0.39 is 23.0 Å². The maximum Gasteiger partial charge on any atom is 0.408 e. The summed E-state index contributed by atoms with van der Waals surface area (Å²) >= 11 is 0. The standard InChI is InChI=1S/C28H32N2O5/c1-3-12-27(2,24(31)29-18-13-17-14-28(17,15-18)25(32)33)30-26(34)35-16-23-21-10-6-4-8-19(21)20-9-5-7-11-22(20)23/h4-11,17-18,23H,3,12-16H2,1-2H3,(H,29,31)(H,30,34)(H,32,33)/t17-,18+,27?,28+/m0/s1. The normalized spacial score (nSPS) is 25.5. The molecule has 7 nitrogen and oxygen atoms in total. The average Bonchev–Trinajstić information content (AvgIpc) is 3.26. The SMILES string of the molecule is CCCC(C)(NC(=O)OCC1c2ccccc2-c2ccccc21)C(=O)N[C@@H]1C[C@H]2C[C@@]2(C(=O)O)C1. The van der Waals surface area contributed by atoms with Crippen molar-refractivity contribution in [2.24, 2.45) is 11.3 Å². The Labute approximate surface area is 205 Å². The molecule has 7 heteroatoms. The Bertz CT molecular complexity index is 1130. The van der Waals surface area contributed by atoms with E-state index in [1.165, 1.54) is 0 Å². The van der Waals surface area contributed by atoms with Gasteiger partial charge in [-0.05, 0) is 60.8 Å². The third kappa shape index (κ3) is 4.07. The zero-order valence-electron chi connectivity index (χ0n) is 20.2. The molecular weight excluding hydrogens is 444 g/mol. The number of aliphatic carboxylic acids is 1. The van der Waals surface area contributed by atoms with Gasteiger partial charge in [-0.3, -0.25) is 9.59 Å². The van der Waals surface area contributed by atoms with Crippen molar-refractivity contribution in [3.63, 3.8) is 0 Å². The first kappa shape index (κ1) is 23.4. The first-order valence-corrected chi connectivity index (χ1v) is 12.4. The van der Waals surface area contributed by atoms with E-state index in [0.29, 0.717) is 32.1 Å². The molecular formula is C28H32N2O5. The summed E-state index contributed by atoms with van der Waals surface area (Å²) in [5.74, 6) is -0.985. The van der Waals surface area contributed by atoms with Gasteiger partial charge in [-0.15, -0.1) is 0 Å². The molecule has 0 radical (unpaired) electrons. The molecule has 35 heavy (non-hydrogen) atoms. The number of carboxylic acids is 1. The van der Waals surface area contributed by atoms with Gasteiger partial charge in [-0.25, -0.2) is 4.79 Å². The summed E-state index contributed by atoms with van der Waals surface area (Å²) in [6.45, 7) is 3.83. The van der Waals surface area contributed by atoms with Crippen molar-refractivity contribution in [2.45, 2.75) is 63.5 Å². The topological polar surface area (TPSA) is 105 Å². The molecule has 5 rings (SSSR count). The lowest BCUT2D eigenvalue weighted by Crippen LogP contribution is -2.58. The Hall–Kier alpha value is -3.35. The van der Waals surface area contributed by atoms with E-state index in [1.807, 2.05) is 31.2 Å². The van der Waals surface area contributed by atoms with Crippen LogP contribution in [-0.2, 0) is 14.3 Å². The van der Waals surface area contributed by atoms with Crippen LogP contribution in [0.5, 0.6) is 0 Å². The second-order valence-electron chi connectivity index (χ2n) is 10.5. The van der Waals surface area contributed by atoms with Crippen molar-refractivity contribution >= 4 is 18.0 Å². The number of benzene rings is 2. The van der Waals surface area contributed by atoms with Crippen molar-refractivity contribution in [3.8, 4) is 11.1 Å². The monoisotopic (exact) mass is 476 g/mol. The number of fused-ring (bicyclic) bond motifs is 4. The summed E-state index contributed by atoms with van der Waals surface area (Å²) in [5, 5.41) is 15.3. The lowest BCUT2D eigenvalue weighted by atomic mass is 9.94. The van der Waals surface area contributed by atoms with Gasteiger partial charge < -0.3 is 20.5 Å². The predicted molar refractivity (Wildman–Crippen MR) is 131 cm³/mol. The lowest BCUT2D eigenvalue weighted by Gasteiger charge is -2.31. The van der Waals surface area contributed by atoms with E-state index in [9.17, 15) is 19.5 Å². The number of amides is 2. The fraction of sp³-hybridized carbons (Fsp3) is 0.464. The number of carbonyl (C=O) groups excluding carboxylic acids is 2. The maximum absolute atomic E-state index is 13.2. The second kappa shape index (κ2) is 8.70. The third-order valence-electron chi connectivity index (χ3n) is 8.15. The zero-order valence-corrected chi connectivity index (χ0v) is 20.2. The van der Waals surface area contributed by atoms with Crippen LogP contribution in [0.4, 0.5) is 4.79 Å². The van der Waals surface area contributed by atoms with Crippen molar-refractivity contribution in [3.05, 3.63) is 59.7 Å². The molecule has 0 aromatic heterocycles. The molecule has 0 saturated heterocycles. The van der Waals surface area contributed by atoms with Crippen molar-refractivity contribution in [2.75, 3.05) is 6.61 Å². The van der Waals surface area contributed by atoms with Gasteiger partial charge >= 0.3 is 12.1 Å². The summed E-state index contributed by atoms with van der Waals surface area (Å²) < 4.78 is 5.67. The van der Waals surface area contributed by atoms with Crippen molar-refractivity contribution in [1.29, 1.82) is 0 Å². The Balaban J connectivity index is 1.22. The predicted octanol–water partition coefficient (Wildman–Crippen LogP) is 4.45. The van der Waals surface area contributed by atoms with E-state index in [4.69, 9.17) is 4.74 Å². The fourth-order valence-electron chi connectivity index (χ4n) is 6.20. The van der Waals surface area contributed by atoms with Gasteiger partial charge in [0.25, 0.3) is 0 Å². The molecule has 1 unspecified atom stereocenters. The van der Waals surface area contributed by atoms with Crippen LogP contribution < -0.4 is 10.6 Å². The smallest absolute Gasteiger partial charge is 0.408 e. The highest BCUT2D eigenvalue weighted by Crippen LogP contribution is 2.63. The van der Waals surface area contributed by atoms with Gasteiger partial charge in [0.1, 0.15) is 12.1 Å². The summed E-state index contributed by atoms with van der Waals surface area (Å²) in [7, 11) is 0. The molecule has 0 spiro atoms.